The van der Waals surface area contributed by atoms with Gasteiger partial charge in [0.25, 0.3) is 0 Å². The Morgan fingerprint density at radius 2 is 2.08 bits per heavy atom. The van der Waals surface area contributed by atoms with Crippen LogP contribution < -0.4 is 5.32 Å². The minimum atomic E-state index is -3.16. The van der Waals surface area contributed by atoms with Crippen molar-refractivity contribution in [2.45, 2.75) is 52.0 Å². The molecule has 0 aliphatic carbocycles. The van der Waals surface area contributed by atoms with Crippen molar-refractivity contribution < 1.29 is 13.2 Å². The summed E-state index contributed by atoms with van der Waals surface area (Å²) in [6.45, 7) is 8.33. The summed E-state index contributed by atoms with van der Waals surface area (Å²) in [6, 6.07) is 5.86. The maximum atomic E-state index is 12.7. The quantitative estimate of drug-likeness (QED) is 0.811. The molecule has 1 N–H and O–H groups in total. The maximum Gasteiger partial charge on any atom is 0.168 e. The molecule has 1 heterocycles. The summed E-state index contributed by atoms with van der Waals surface area (Å²) in [5, 5.41) is 4.69. The van der Waals surface area contributed by atoms with Crippen molar-refractivity contribution in [1.82, 2.24) is 0 Å². The average molecular weight is 349 g/mol. The number of ketones is 1. The second-order valence-electron chi connectivity index (χ2n) is 7.65. The standard InChI is InChI=1S/C19H27NO3S/c1-13(9-10-24(5,22)23)11-17(21)16-8-6-7-15-14(2)12-19(3,4)20-18(15)16/h6-10,13-14,20H,11-12H2,1-5H3. The minimum Gasteiger partial charge on any atom is -0.379 e. The molecule has 132 valence electrons. The highest BCUT2D eigenvalue weighted by Crippen LogP contribution is 2.40. The van der Waals surface area contributed by atoms with E-state index in [4.69, 9.17) is 0 Å². The molecule has 0 bridgehead atoms. The molecule has 0 saturated carbocycles. The summed E-state index contributed by atoms with van der Waals surface area (Å²) < 4.78 is 22.4. The Bertz CT molecular complexity index is 763. The molecule has 2 unspecified atom stereocenters. The van der Waals surface area contributed by atoms with Crippen LogP contribution in [0.1, 0.15) is 62.4 Å². The van der Waals surface area contributed by atoms with Crippen LogP contribution in [-0.2, 0) is 9.84 Å². The van der Waals surface area contributed by atoms with Crippen molar-refractivity contribution in [3.63, 3.8) is 0 Å². The minimum absolute atomic E-state index is 0.0369. The van der Waals surface area contributed by atoms with E-state index < -0.39 is 9.84 Å². The molecule has 2 rings (SSSR count). The third-order valence-electron chi connectivity index (χ3n) is 4.37. The molecule has 0 fully saturated rings. The average Bonchev–Trinajstić information content (AvgIpc) is 2.42. The van der Waals surface area contributed by atoms with Gasteiger partial charge in [-0.15, -0.1) is 0 Å². The molecule has 5 heteroatoms. The van der Waals surface area contributed by atoms with Crippen LogP contribution in [0.15, 0.2) is 29.7 Å². The number of benzene rings is 1. The number of allylic oxidation sites excluding steroid dienone is 1. The van der Waals surface area contributed by atoms with Crippen LogP contribution in [0.3, 0.4) is 0 Å². The molecule has 1 aromatic carbocycles. The van der Waals surface area contributed by atoms with Gasteiger partial charge in [0.15, 0.2) is 15.6 Å². The van der Waals surface area contributed by atoms with E-state index in [0.29, 0.717) is 17.9 Å². The zero-order chi connectivity index (χ0) is 18.1. The van der Waals surface area contributed by atoms with Gasteiger partial charge < -0.3 is 5.32 Å². The number of carbonyl (C=O) groups is 1. The molecule has 4 nitrogen and oxygen atoms in total. The first-order chi connectivity index (χ1) is 11.0. The number of sulfone groups is 1. The Morgan fingerprint density at radius 3 is 2.71 bits per heavy atom. The van der Waals surface area contributed by atoms with Gasteiger partial charge in [0, 0.05) is 34.9 Å². The van der Waals surface area contributed by atoms with Gasteiger partial charge in [0.2, 0.25) is 0 Å². The molecular weight excluding hydrogens is 322 g/mol. The van der Waals surface area contributed by atoms with Gasteiger partial charge in [-0.05, 0) is 43.7 Å². The van der Waals surface area contributed by atoms with Crippen LogP contribution in [0.2, 0.25) is 0 Å². The fourth-order valence-corrected chi connectivity index (χ4v) is 3.92. The van der Waals surface area contributed by atoms with Gasteiger partial charge in [-0.2, -0.15) is 0 Å². The first kappa shape index (κ1) is 18.7. The number of para-hydroxylation sites is 1. The second kappa shape index (κ2) is 6.71. The summed E-state index contributed by atoms with van der Waals surface area (Å²) in [7, 11) is -3.16. The molecule has 0 spiro atoms. The Labute approximate surface area is 145 Å². The lowest BCUT2D eigenvalue weighted by atomic mass is 9.80. The number of nitrogens with one attached hydrogen (secondary N) is 1. The first-order valence-electron chi connectivity index (χ1n) is 8.31. The van der Waals surface area contributed by atoms with Crippen molar-refractivity contribution >= 4 is 21.3 Å². The lowest BCUT2D eigenvalue weighted by Gasteiger charge is -2.38. The Balaban J connectivity index is 2.25. The third-order valence-corrected chi connectivity index (χ3v) is 5.02. The number of hydrogen-bond donors (Lipinski definition) is 1. The molecule has 24 heavy (non-hydrogen) atoms. The van der Waals surface area contributed by atoms with Crippen molar-refractivity contribution in [1.29, 1.82) is 0 Å². The fourth-order valence-electron chi connectivity index (χ4n) is 3.36. The number of rotatable bonds is 5. The van der Waals surface area contributed by atoms with Crippen LogP contribution in [0.5, 0.6) is 0 Å². The van der Waals surface area contributed by atoms with Crippen molar-refractivity contribution in [2.75, 3.05) is 11.6 Å². The highest BCUT2D eigenvalue weighted by atomic mass is 32.2. The van der Waals surface area contributed by atoms with Gasteiger partial charge in [-0.1, -0.05) is 32.1 Å². The zero-order valence-corrected chi connectivity index (χ0v) is 15.9. The van der Waals surface area contributed by atoms with E-state index in [1.807, 2.05) is 19.1 Å². The maximum absolute atomic E-state index is 12.7. The van der Waals surface area contributed by atoms with E-state index in [2.05, 4.69) is 32.2 Å². The topological polar surface area (TPSA) is 63.2 Å². The summed E-state index contributed by atoms with van der Waals surface area (Å²) in [5.74, 6) is 0.304. The Kier molecular flexibility index (Phi) is 5.23. The molecule has 1 aromatic rings. The lowest BCUT2D eigenvalue weighted by Crippen LogP contribution is -2.37. The molecule has 0 radical (unpaired) electrons. The monoisotopic (exact) mass is 349 g/mol. The van der Waals surface area contributed by atoms with Crippen LogP contribution in [0.25, 0.3) is 0 Å². The lowest BCUT2D eigenvalue weighted by molar-refractivity contribution is 0.0972. The van der Waals surface area contributed by atoms with E-state index in [1.165, 1.54) is 11.0 Å². The molecule has 1 aliphatic heterocycles. The highest BCUT2D eigenvalue weighted by molar-refractivity contribution is 7.93. The molecule has 2 atom stereocenters. The predicted octanol–water partition coefficient (Wildman–Crippen LogP) is 4.15. The summed E-state index contributed by atoms with van der Waals surface area (Å²) >= 11 is 0. The van der Waals surface area contributed by atoms with Crippen LogP contribution in [-0.4, -0.2) is 26.0 Å². The molecule has 0 amide bonds. The van der Waals surface area contributed by atoms with E-state index >= 15 is 0 Å². The number of carbonyl (C=O) groups excluding carboxylic acids is 1. The number of Topliss-reactive ketones (excluding diaryl/α,β-unsaturated/α-hetero) is 1. The van der Waals surface area contributed by atoms with Crippen LogP contribution in [0, 0.1) is 5.92 Å². The number of anilines is 1. The van der Waals surface area contributed by atoms with E-state index in [-0.39, 0.29) is 17.2 Å². The van der Waals surface area contributed by atoms with Crippen molar-refractivity contribution in [2.24, 2.45) is 5.92 Å². The zero-order valence-electron chi connectivity index (χ0n) is 15.1. The first-order valence-corrected chi connectivity index (χ1v) is 10.3. The number of fused-ring (bicyclic) bond motifs is 1. The summed E-state index contributed by atoms with van der Waals surface area (Å²) in [6.07, 6.45) is 4.05. The fraction of sp³-hybridized carbons (Fsp3) is 0.526. The molecule has 0 aromatic heterocycles. The van der Waals surface area contributed by atoms with Gasteiger partial charge in [0.05, 0.1) is 0 Å². The SMILES string of the molecule is CC(C=CS(C)(=O)=O)CC(=O)c1cccc2c1NC(C)(C)CC2C. The number of hydrogen-bond acceptors (Lipinski definition) is 4. The Hall–Kier alpha value is -1.62. The van der Waals surface area contributed by atoms with Gasteiger partial charge >= 0.3 is 0 Å². The van der Waals surface area contributed by atoms with E-state index in [9.17, 15) is 13.2 Å². The van der Waals surface area contributed by atoms with Crippen molar-refractivity contribution in [3.05, 3.63) is 40.8 Å². The predicted molar refractivity (Wildman–Crippen MR) is 99.3 cm³/mol. The smallest absolute Gasteiger partial charge is 0.168 e. The molecule has 1 aliphatic rings. The van der Waals surface area contributed by atoms with Gasteiger partial charge in [-0.3, -0.25) is 4.79 Å². The highest BCUT2D eigenvalue weighted by Gasteiger charge is 2.31. The molecular formula is C19H27NO3S. The van der Waals surface area contributed by atoms with E-state index in [0.717, 1.165) is 18.4 Å². The Morgan fingerprint density at radius 1 is 1.42 bits per heavy atom. The third kappa shape index (κ3) is 4.69. The van der Waals surface area contributed by atoms with Crippen LogP contribution in [0.4, 0.5) is 5.69 Å². The molecule has 0 saturated heterocycles. The van der Waals surface area contributed by atoms with Crippen LogP contribution >= 0.6 is 0 Å². The summed E-state index contributed by atoms with van der Waals surface area (Å²) in [4.78, 5) is 12.7. The van der Waals surface area contributed by atoms with Gasteiger partial charge in [0.1, 0.15) is 0 Å². The van der Waals surface area contributed by atoms with E-state index in [1.54, 1.807) is 6.08 Å². The largest absolute Gasteiger partial charge is 0.379 e. The van der Waals surface area contributed by atoms with Crippen molar-refractivity contribution in [3.8, 4) is 0 Å². The summed E-state index contributed by atoms with van der Waals surface area (Å²) in [5.41, 5.74) is 2.77. The normalized spacial score (nSPS) is 21.1. The second-order valence-corrected chi connectivity index (χ2v) is 9.58. The van der Waals surface area contributed by atoms with Gasteiger partial charge in [-0.25, -0.2) is 8.42 Å².